The van der Waals surface area contributed by atoms with Crippen molar-refractivity contribution in [2.75, 3.05) is 29.5 Å². The first-order valence-corrected chi connectivity index (χ1v) is 10.3. The molecule has 0 unspecified atom stereocenters. The summed E-state index contributed by atoms with van der Waals surface area (Å²) in [5.74, 6) is 3.26. The van der Waals surface area contributed by atoms with Gasteiger partial charge in [-0.1, -0.05) is 35.9 Å². The number of thioether (sulfide) groups is 1. The summed E-state index contributed by atoms with van der Waals surface area (Å²) in [5, 5.41) is 0.740. The standard InChI is InChI=1S/C21H20ClFN2S/c22-19-3-1-2-4-20(19)25-15-17(13-16-5-7-18(23)8-6-16)14-21(25)24-9-11-26-12-10-24/h1-8,14-15H,9-13H2. The fourth-order valence-electron chi connectivity index (χ4n) is 3.32. The van der Waals surface area contributed by atoms with Crippen molar-refractivity contribution in [3.8, 4) is 5.69 Å². The van der Waals surface area contributed by atoms with Crippen LogP contribution in [0.5, 0.6) is 0 Å². The van der Waals surface area contributed by atoms with Crippen molar-refractivity contribution in [2.24, 2.45) is 0 Å². The maximum atomic E-state index is 13.2. The Morgan fingerprint density at radius 1 is 0.962 bits per heavy atom. The zero-order chi connectivity index (χ0) is 17.9. The molecular weight excluding hydrogens is 367 g/mol. The topological polar surface area (TPSA) is 8.17 Å². The van der Waals surface area contributed by atoms with E-state index in [1.165, 1.54) is 23.5 Å². The summed E-state index contributed by atoms with van der Waals surface area (Å²) in [7, 11) is 0. The molecule has 4 rings (SSSR count). The van der Waals surface area contributed by atoms with E-state index in [1.807, 2.05) is 48.2 Å². The van der Waals surface area contributed by atoms with Crippen LogP contribution in [0.25, 0.3) is 5.69 Å². The van der Waals surface area contributed by atoms with E-state index < -0.39 is 0 Å². The van der Waals surface area contributed by atoms with Gasteiger partial charge < -0.3 is 9.47 Å². The van der Waals surface area contributed by atoms with Crippen molar-refractivity contribution in [3.05, 3.63) is 82.8 Å². The Balaban J connectivity index is 1.72. The summed E-state index contributed by atoms with van der Waals surface area (Å²) < 4.78 is 15.4. The average molecular weight is 387 g/mol. The molecule has 0 radical (unpaired) electrons. The van der Waals surface area contributed by atoms with Crippen LogP contribution in [0, 0.1) is 5.82 Å². The van der Waals surface area contributed by atoms with Gasteiger partial charge in [0.2, 0.25) is 0 Å². The van der Waals surface area contributed by atoms with Crippen LogP contribution in [0.3, 0.4) is 0 Å². The van der Waals surface area contributed by atoms with Gasteiger partial charge in [-0.3, -0.25) is 0 Å². The number of hydrogen-bond donors (Lipinski definition) is 0. The SMILES string of the molecule is Fc1ccc(Cc2cc(N3CCSCC3)n(-c3ccccc3Cl)c2)cc1. The van der Waals surface area contributed by atoms with E-state index in [0.29, 0.717) is 0 Å². The second kappa shape index (κ2) is 7.77. The van der Waals surface area contributed by atoms with Crippen molar-refractivity contribution < 1.29 is 4.39 Å². The van der Waals surface area contributed by atoms with Crippen LogP contribution < -0.4 is 4.90 Å². The van der Waals surface area contributed by atoms with Gasteiger partial charge in [-0.05, 0) is 47.9 Å². The molecule has 0 aliphatic carbocycles. The number of halogens is 2. The number of nitrogens with zero attached hydrogens (tertiary/aromatic N) is 2. The molecule has 3 aromatic rings. The third-order valence-electron chi connectivity index (χ3n) is 4.62. The van der Waals surface area contributed by atoms with E-state index in [-0.39, 0.29) is 5.82 Å². The largest absolute Gasteiger partial charge is 0.356 e. The molecule has 0 atom stereocenters. The van der Waals surface area contributed by atoms with Crippen molar-refractivity contribution >= 4 is 29.2 Å². The minimum atomic E-state index is -0.200. The maximum absolute atomic E-state index is 13.2. The molecule has 1 aromatic heterocycles. The lowest BCUT2D eigenvalue weighted by atomic mass is 10.1. The lowest BCUT2D eigenvalue weighted by molar-refractivity contribution is 0.627. The predicted octanol–water partition coefficient (Wildman–Crippen LogP) is 5.41. The van der Waals surface area contributed by atoms with E-state index in [0.717, 1.165) is 47.3 Å². The lowest BCUT2D eigenvalue weighted by Gasteiger charge is -2.29. The Morgan fingerprint density at radius 3 is 2.42 bits per heavy atom. The normalized spacial score (nSPS) is 14.6. The van der Waals surface area contributed by atoms with E-state index in [4.69, 9.17) is 11.6 Å². The highest BCUT2D eigenvalue weighted by Gasteiger charge is 2.18. The monoisotopic (exact) mass is 386 g/mol. The van der Waals surface area contributed by atoms with Crippen LogP contribution >= 0.6 is 23.4 Å². The van der Waals surface area contributed by atoms with Gasteiger partial charge >= 0.3 is 0 Å². The molecule has 0 bridgehead atoms. The van der Waals surface area contributed by atoms with Crippen molar-refractivity contribution in [3.63, 3.8) is 0 Å². The Hall–Kier alpha value is -1.91. The number of aromatic nitrogens is 1. The molecule has 0 amide bonds. The van der Waals surface area contributed by atoms with Gasteiger partial charge in [-0.2, -0.15) is 11.8 Å². The highest BCUT2D eigenvalue weighted by atomic mass is 35.5. The van der Waals surface area contributed by atoms with Crippen LogP contribution in [0.4, 0.5) is 10.2 Å². The van der Waals surface area contributed by atoms with Gasteiger partial charge in [-0.15, -0.1) is 0 Å². The molecule has 2 nitrogen and oxygen atoms in total. The Morgan fingerprint density at radius 2 is 1.69 bits per heavy atom. The molecule has 2 aromatic carbocycles. The smallest absolute Gasteiger partial charge is 0.123 e. The number of benzene rings is 2. The minimum Gasteiger partial charge on any atom is -0.356 e. The summed E-state index contributed by atoms with van der Waals surface area (Å²) in [6.45, 7) is 2.07. The highest BCUT2D eigenvalue weighted by Crippen LogP contribution is 2.30. The summed E-state index contributed by atoms with van der Waals surface area (Å²) in [4.78, 5) is 2.42. The zero-order valence-corrected chi connectivity index (χ0v) is 15.9. The van der Waals surface area contributed by atoms with Gasteiger partial charge in [0.15, 0.2) is 0 Å². The van der Waals surface area contributed by atoms with Crippen LogP contribution in [-0.4, -0.2) is 29.2 Å². The van der Waals surface area contributed by atoms with Gasteiger partial charge in [-0.25, -0.2) is 4.39 Å². The number of para-hydroxylation sites is 1. The summed E-state index contributed by atoms with van der Waals surface area (Å²) in [6, 6.07) is 16.9. The predicted molar refractivity (Wildman–Crippen MR) is 110 cm³/mol. The average Bonchev–Trinajstić information content (AvgIpc) is 3.08. The van der Waals surface area contributed by atoms with Gasteiger partial charge in [0.1, 0.15) is 11.6 Å². The number of hydrogen-bond acceptors (Lipinski definition) is 2. The number of rotatable bonds is 4. The summed E-state index contributed by atoms with van der Waals surface area (Å²) >= 11 is 8.47. The fourth-order valence-corrected chi connectivity index (χ4v) is 4.45. The quantitative estimate of drug-likeness (QED) is 0.592. The first-order valence-electron chi connectivity index (χ1n) is 8.74. The lowest BCUT2D eigenvalue weighted by Crippen LogP contribution is -2.33. The maximum Gasteiger partial charge on any atom is 0.123 e. The van der Waals surface area contributed by atoms with Crippen molar-refractivity contribution in [1.29, 1.82) is 0 Å². The van der Waals surface area contributed by atoms with Crippen molar-refractivity contribution in [2.45, 2.75) is 6.42 Å². The Kier molecular flexibility index (Phi) is 5.23. The van der Waals surface area contributed by atoms with E-state index in [9.17, 15) is 4.39 Å². The van der Waals surface area contributed by atoms with Crippen LogP contribution in [0.1, 0.15) is 11.1 Å². The second-order valence-corrected chi connectivity index (χ2v) is 8.06. The summed E-state index contributed by atoms with van der Waals surface area (Å²) in [6.07, 6.45) is 2.93. The molecule has 0 spiro atoms. The molecule has 1 saturated heterocycles. The van der Waals surface area contributed by atoms with E-state index >= 15 is 0 Å². The van der Waals surface area contributed by atoms with E-state index in [1.54, 1.807) is 0 Å². The number of anilines is 1. The highest BCUT2D eigenvalue weighted by molar-refractivity contribution is 7.99. The fraction of sp³-hybridized carbons (Fsp3) is 0.238. The third kappa shape index (κ3) is 3.76. The molecule has 0 N–H and O–H groups in total. The van der Waals surface area contributed by atoms with E-state index in [2.05, 4.69) is 21.7 Å². The summed E-state index contributed by atoms with van der Waals surface area (Å²) in [5.41, 5.74) is 3.29. The molecule has 2 heterocycles. The first kappa shape index (κ1) is 17.5. The minimum absolute atomic E-state index is 0.200. The molecule has 1 aliphatic heterocycles. The third-order valence-corrected chi connectivity index (χ3v) is 5.89. The van der Waals surface area contributed by atoms with Crippen LogP contribution in [0.15, 0.2) is 60.8 Å². The first-order chi connectivity index (χ1) is 12.7. The molecule has 1 aliphatic rings. The van der Waals surface area contributed by atoms with Gasteiger partial charge in [0.05, 0.1) is 10.7 Å². The Bertz CT molecular complexity index is 885. The van der Waals surface area contributed by atoms with Gasteiger partial charge in [0, 0.05) is 30.8 Å². The van der Waals surface area contributed by atoms with Crippen LogP contribution in [-0.2, 0) is 6.42 Å². The Labute approximate surface area is 162 Å². The molecule has 5 heteroatoms. The molecule has 1 fully saturated rings. The second-order valence-electron chi connectivity index (χ2n) is 6.43. The molecule has 134 valence electrons. The van der Waals surface area contributed by atoms with Gasteiger partial charge in [0.25, 0.3) is 0 Å². The van der Waals surface area contributed by atoms with Crippen LogP contribution in [0.2, 0.25) is 5.02 Å². The molecule has 26 heavy (non-hydrogen) atoms. The molecular formula is C21H20ClFN2S. The molecule has 0 saturated carbocycles. The van der Waals surface area contributed by atoms with Crippen molar-refractivity contribution in [1.82, 2.24) is 4.57 Å². The zero-order valence-electron chi connectivity index (χ0n) is 14.4.